The number of carbonyl (C=O) groups is 1. The van der Waals surface area contributed by atoms with Gasteiger partial charge in [0.1, 0.15) is 16.5 Å². The van der Waals surface area contributed by atoms with E-state index in [2.05, 4.69) is 10.3 Å². The predicted molar refractivity (Wildman–Crippen MR) is 111 cm³/mol. The van der Waals surface area contributed by atoms with Crippen molar-refractivity contribution in [3.63, 3.8) is 0 Å². The number of benzene rings is 2. The van der Waals surface area contributed by atoms with Gasteiger partial charge in [-0.2, -0.15) is 4.31 Å². The first kappa shape index (κ1) is 20.8. The van der Waals surface area contributed by atoms with Crippen LogP contribution in [0.1, 0.15) is 18.4 Å². The Balaban J connectivity index is 1.42. The second-order valence-electron chi connectivity index (χ2n) is 7.23. The monoisotopic (exact) mass is 451 g/mol. The van der Waals surface area contributed by atoms with Gasteiger partial charge in [0.25, 0.3) is 0 Å². The number of rotatable bonds is 4. The van der Waals surface area contributed by atoms with E-state index in [1.165, 1.54) is 11.3 Å². The maximum atomic E-state index is 13.9. The third-order valence-corrected chi connectivity index (χ3v) is 7.96. The van der Waals surface area contributed by atoms with E-state index in [-0.39, 0.29) is 37.8 Å². The van der Waals surface area contributed by atoms with E-state index in [0.717, 1.165) is 32.2 Å². The Morgan fingerprint density at radius 3 is 2.63 bits per heavy atom. The molecule has 0 unspecified atom stereocenters. The summed E-state index contributed by atoms with van der Waals surface area (Å²) < 4.78 is 54.7. The summed E-state index contributed by atoms with van der Waals surface area (Å²) in [4.78, 5) is 16.3. The molecule has 10 heteroatoms. The SMILES string of the molecule is Cc1ccc2nc(NC(=O)C3CCN(S(=O)(=O)c4cc(F)ccc4F)CC3)sc2c1. The minimum atomic E-state index is -4.17. The summed E-state index contributed by atoms with van der Waals surface area (Å²) in [5.74, 6) is -2.43. The number of nitrogens with one attached hydrogen (secondary N) is 1. The zero-order chi connectivity index (χ0) is 21.5. The highest BCUT2D eigenvalue weighted by molar-refractivity contribution is 7.89. The first-order valence-electron chi connectivity index (χ1n) is 9.37. The van der Waals surface area contributed by atoms with Crippen molar-refractivity contribution >= 4 is 42.6 Å². The van der Waals surface area contributed by atoms with E-state index in [4.69, 9.17) is 0 Å². The molecule has 6 nitrogen and oxygen atoms in total. The number of amides is 1. The van der Waals surface area contributed by atoms with Crippen LogP contribution in [0.4, 0.5) is 13.9 Å². The van der Waals surface area contributed by atoms with Gasteiger partial charge in [0.15, 0.2) is 5.13 Å². The average Bonchev–Trinajstić information content (AvgIpc) is 3.11. The van der Waals surface area contributed by atoms with E-state index in [1.54, 1.807) is 0 Å². The van der Waals surface area contributed by atoms with Gasteiger partial charge in [-0.15, -0.1) is 0 Å². The number of nitrogens with zero attached hydrogens (tertiary/aromatic N) is 2. The molecule has 1 aliphatic rings. The van der Waals surface area contributed by atoms with Crippen LogP contribution in [0.15, 0.2) is 41.3 Å². The lowest BCUT2D eigenvalue weighted by Crippen LogP contribution is -2.41. The number of hydrogen-bond donors (Lipinski definition) is 1. The van der Waals surface area contributed by atoms with Crippen molar-refractivity contribution in [1.29, 1.82) is 0 Å². The van der Waals surface area contributed by atoms with Crippen molar-refractivity contribution in [3.05, 3.63) is 53.6 Å². The van der Waals surface area contributed by atoms with Crippen LogP contribution in [0.5, 0.6) is 0 Å². The second-order valence-corrected chi connectivity index (χ2v) is 10.2. The molecular weight excluding hydrogens is 432 g/mol. The number of aromatic nitrogens is 1. The summed E-state index contributed by atoms with van der Waals surface area (Å²) in [6.45, 7) is 2.08. The van der Waals surface area contributed by atoms with Crippen LogP contribution in [0, 0.1) is 24.5 Å². The Hall–Kier alpha value is -2.43. The molecule has 2 heterocycles. The number of aryl methyl sites for hydroxylation is 1. The zero-order valence-electron chi connectivity index (χ0n) is 16.1. The molecule has 1 amide bonds. The van der Waals surface area contributed by atoms with Crippen LogP contribution in [0.25, 0.3) is 10.2 Å². The molecule has 30 heavy (non-hydrogen) atoms. The number of carbonyl (C=O) groups excluding carboxylic acids is 1. The average molecular weight is 452 g/mol. The standard InChI is InChI=1S/C20H19F2N3O3S2/c1-12-2-5-16-17(10-12)29-20(23-16)24-19(26)13-6-8-25(9-7-13)30(27,28)18-11-14(21)3-4-15(18)22/h2-5,10-11,13H,6-9H2,1H3,(H,23,24,26). The Morgan fingerprint density at radius 2 is 1.90 bits per heavy atom. The smallest absolute Gasteiger partial charge is 0.246 e. The van der Waals surface area contributed by atoms with Crippen LogP contribution in [0.2, 0.25) is 0 Å². The first-order valence-corrected chi connectivity index (χ1v) is 11.6. The largest absolute Gasteiger partial charge is 0.302 e. The maximum Gasteiger partial charge on any atom is 0.246 e. The Bertz CT molecular complexity index is 1220. The van der Waals surface area contributed by atoms with Crippen molar-refractivity contribution in [3.8, 4) is 0 Å². The Kier molecular flexibility index (Phi) is 5.56. The van der Waals surface area contributed by atoms with Gasteiger partial charge in [0, 0.05) is 19.0 Å². The summed E-state index contributed by atoms with van der Waals surface area (Å²) in [6.07, 6.45) is 0.567. The van der Waals surface area contributed by atoms with E-state index < -0.39 is 26.6 Å². The molecule has 0 spiro atoms. The van der Waals surface area contributed by atoms with Crippen molar-refractivity contribution in [2.75, 3.05) is 18.4 Å². The van der Waals surface area contributed by atoms with E-state index in [0.29, 0.717) is 11.2 Å². The normalized spacial score (nSPS) is 16.1. The topological polar surface area (TPSA) is 79.4 Å². The number of anilines is 1. The Labute approximate surface area is 176 Å². The van der Waals surface area contributed by atoms with Gasteiger partial charge in [-0.05, 0) is 55.7 Å². The molecular formula is C20H19F2N3O3S2. The number of sulfonamides is 1. The van der Waals surface area contributed by atoms with Gasteiger partial charge in [-0.25, -0.2) is 22.2 Å². The molecule has 2 aromatic carbocycles. The number of halogens is 2. The third-order valence-electron chi connectivity index (χ3n) is 5.11. The van der Waals surface area contributed by atoms with Crippen molar-refractivity contribution in [2.24, 2.45) is 5.92 Å². The predicted octanol–water partition coefficient (Wildman–Crippen LogP) is 3.92. The molecule has 0 saturated carbocycles. The molecule has 0 bridgehead atoms. The summed E-state index contributed by atoms with van der Waals surface area (Å²) in [7, 11) is -4.17. The minimum absolute atomic E-state index is 0.0510. The lowest BCUT2D eigenvalue weighted by Gasteiger charge is -2.30. The minimum Gasteiger partial charge on any atom is -0.302 e. The fraction of sp³-hybridized carbons (Fsp3) is 0.300. The summed E-state index contributed by atoms with van der Waals surface area (Å²) >= 11 is 1.38. The molecule has 0 aliphatic carbocycles. The van der Waals surface area contributed by atoms with Crippen molar-refractivity contribution in [2.45, 2.75) is 24.7 Å². The zero-order valence-corrected chi connectivity index (χ0v) is 17.7. The molecule has 1 N–H and O–H groups in total. The number of fused-ring (bicyclic) bond motifs is 1. The van der Waals surface area contributed by atoms with E-state index in [1.807, 2.05) is 25.1 Å². The third kappa shape index (κ3) is 4.07. The van der Waals surface area contributed by atoms with Crippen LogP contribution < -0.4 is 5.32 Å². The highest BCUT2D eigenvalue weighted by atomic mass is 32.2. The van der Waals surface area contributed by atoms with Gasteiger partial charge in [-0.1, -0.05) is 17.4 Å². The van der Waals surface area contributed by atoms with Gasteiger partial charge < -0.3 is 5.32 Å². The fourth-order valence-electron chi connectivity index (χ4n) is 3.47. The molecule has 1 aliphatic heterocycles. The molecule has 1 aromatic heterocycles. The summed E-state index contributed by atoms with van der Waals surface area (Å²) in [5.41, 5.74) is 1.91. The number of thiazole rings is 1. The van der Waals surface area contributed by atoms with Gasteiger partial charge in [0.2, 0.25) is 15.9 Å². The molecule has 1 saturated heterocycles. The lowest BCUT2D eigenvalue weighted by atomic mass is 9.97. The van der Waals surface area contributed by atoms with Crippen LogP contribution >= 0.6 is 11.3 Å². The van der Waals surface area contributed by atoms with E-state index >= 15 is 0 Å². The van der Waals surface area contributed by atoms with E-state index in [9.17, 15) is 22.0 Å². The van der Waals surface area contributed by atoms with Crippen LogP contribution in [-0.2, 0) is 14.8 Å². The van der Waals surface area contributed by atoms with Crippen molar-refractivity contribution < 1.29 is 22.0 Å². The summed E-state index contributed by atoms with van der Waals surface area (Å²) in [5, 5.41) is 3.31. The molecule has 3 aromatic rings. The molecule has 158 valence electrons. The molecule has 0 atom stereocenters. The number of hydrogen-bond acceptors (Lipinski definition) is 5. The second kappa shape index (κ2) is 8.01. The molecule has 0 radical (unpaired) electrons. The van der Waals surface area contributed by atoms with Gasteiger partial charge >= 0.3 is 0 Å². The number of piperidine rings is 1. The molecule has 4 rings (SSSR count). The van der Waals surface area contributed by atoms with Crippen LogP contribution in [-0.4, -0.2) is 36.7 Å². The highest BCUT2D eigenvalue weighted by Gasteiger charge is 2.34. The van der Waals surface area contributed by atoms with Gasteiger partial charge in [-0.3, -0.25) is 4.79 Å². The highest BCUT2D eigenvalue weighted by Crippen LogP contribution is 2.29. The molecule has 1 fully saturated rings. The van der Waals surface area contributed by atoms with Crippen LogP contribution in [0.3, 0.4) is 0 Å². The lowest BCUT2D eigenvalue weighted by molar-refractivity contribution is -0.120. The fourth-order valence-corrected chi connectivity index (χ4v) is 5.98. The van der Waals surface area contributed by atoms with Crippen molar-refractivity contribution in [1.82, 2.24) is 9.29 Å². The Morgan fingerprint density at radius 1 is 1.17 bits per heavy atom. The summed E-state index contributed by atoms with van der Waals surface area (Å²) in [6, 6.07) is 8.18. The maximum absolute atomic E-state index is 13.9. The quantitative estimate of drug-likeness (QED) is 0.652. The first-order chi connectivity index (χ1) is 14.2. The van der Waals surface area contributed by atoms with Gasteiger partial charge in [0.05, 0.1) is 10.2 Å².